The van der Waals surface area contributed by atoms with Gasteiger partial charge in [0.05, 0.1) is 17.9 Å². The molecule has 6 nitrogen and oxygen atoms in total. The van der Waals surface area contributed by atoms with Crippen molar-refractivity contribution in [3.63, 3.8) is 0 Å². The molecule has 0 saturated carbocycles. The first-order valence-electron chi connectivity index (χ1n) is 11.4. The molecule has 0 unspecified atom stereocenters. The third-order valence-corrected chi connectivity index (χ3v) is 5.53. The van der Waals surface area contributed by atoms with Crippen LogP contribution in [0.2, 0.25) is 0 Å². The van der Waals surface area contributed by atoms with Crippen molar-refractivity contribution in [3.05, 3.63) is 112 Å². The second-order valence-corrected chi connectivity index (χ2v) is 8.72. The predicted molar refractivity (Wildman–Crippen MR) is 133 cm³/mol. The summed E-state index contributed by atoms with van der Waals surface area (Å²) >= 11 is 0. The maximum absolute atomic E-state index is 13.8. The third-order valence-electron chi connectivity index (χ3n) is 5.53. The number of para-hydroxylation sites is 1. The van der Waals surface area contributed by atoms with Crippen LogP contribution >= 0.6 is 0 Å². The number of aromatic amines is 1. The van der Waals surface area contributed by atoms with Crippen LogP contribution in [0.4, 0.5) is 4.39 Å². The van der Waals surface area contributed by atoms with Gasteiger partial charge in [-0.05, 0) is 36.2 Å². The van der Waals surface area contributed by atoms with E-state index < -0.39 is 23.1 Å². The monoisotopic (exact) mass is 471 g/mol. The minimum absolute atomic E-state index is 0.0270. The summed E-state index contributed by atoms with van der Waals surface area (Å²) in [5, 5.41) is 3.08. The molecule has 7 heteroatoms. The minimum Gasteiger partial charge on any atom is -0.331 e. The second-order valence-electron chi connectivity index (χ2n) is 8.72. The van der Waals surface area contributed by atoms with Crippen LogP contribution in [0.5, 0.6) is 0 Å². The topological polar surface area (TPSA) is 75.2 Å². The van der Waals surface area contributed by atoms with Gasteiger partial charge in [-0.15, -0.1) is 0 Å². The Morgan fingerprint density at radius 3 is 2.23 bits per heavy atom. The Bertz CT molecular complexity index is 1390. The van der Waals surface area contributed by atoms with Gasteiger partial charge in [0, 0.05) is 17.7 Å². The molecule has 0 spiro atoms. The minimum atomic E-state index is -0.533. The van der Waals surface area contributed by atoms with Gasteiger partial charge in [0.15, 0.2) is 5.78 Å². The zero-order valence-corrected chi connectivity index (χ0v) is 19.6. The second kappa shape index (κ2) is 10.3. The van der Waals surface area contributed by atoms with E-state index in [9.17, 15) is 18.8 Å². The van der Waals surface area contributed by atoms with Crippen molar-refractivity contribution in [2.24, 2.45) is 5.92 Å². The number of carbonyl (C=O) groups excluding carboxylic acids is 2. The highest BCUT2D eigenvalue weighted by atomic mass is 19.1. The molecule has 1 N–H and O–H groups in total. The standard InChI is InChI=1S/C28H26FN3O3/c1-19(2)17-31(27(34)21-12-9-13-22(29)16-21)18-24(33)25-26(20-10-5-3-6-11-20)30-32(28(25)35)23-14-7-4-8-15-23/h3-16,19,30H,17-18H2,1-2H3. The first-order chi connectivity index (χ1) is 16.8. The smallest absolute Gasteiger partial charge is 0.282 e. The Balaban J connectivity index is 1.76. The molecule has 0 atom stereocenters. The summed E-state index contributed by atoms with van der Waals surface area (Å²) in [4.78, 5) is 41.6. The molecular formula is C28H26FN3O3. The van der Waals surface area contributed by atoms with E-state index in [0.717, 1.165) is 6.07 Å². The Morgan fingerprint density at radius 2 is 1.60 bits per heavy atom. The Hall–Kier alpha value is -4.26. The van der Waals surface area contributed by atoms with Gasteiger partial charge in [-0.1, -0.05) is 68.4 Å². The summed E-state index contributed by atoms with van der Waals surface area (Å²) in [6.07, 6.45) is 0. The molecule has 1 aromatic heterocycles. The maximum atomic E-state index is 13.8. The summed E-state index contributed by atoms with van der Waals surface area (Å²) in [6, 6.07) is 23.4. The van der Waals surface area contributed by atoms with E-state index in [2.05, 4.69) is 5.10 Å². The molecule has 0 aliphatic rings. The number of H-pyrrole nitrogens is 1. The molecule has 1 heterocycles. The lowest BCUT2D eigenvalue weighted by Gasteiger charge is -2.24. The molecule has 3 aromatic carbocycles. The largest absolute Gasteiger partial charge is 0.331 e. The van der Waals surface area contributed by atoms with Crippen LogP contribution in [0.15, 0.2) is 89.7 Å². The number of benzene rings is 3. The van der Waals surface area contributed by atoms with Gasteiger partial charge < -0.3 is 4.90 Å². The molecule has 0 aliphatic carbocycles. The Kier molecular flexibility index (Phi) is 7.06. The summed E-state index contributed by atoms with van der Waals surface area (Å²) in [6.45, 7) is 3.81. The van der Waals surface area contributed by atoms with E-state index in [0.29, 0.717) is 16.9 Å². The number of aromatic nitrogens is 2. The van der Waals surface area contributed by atoms with Crippen molar-refractivity contribution >= 4 is 11.7 Å². The molecular weight excluding hydrogens is 445 g/mol. The molecule has 0 aliphatic heterocycles. The van der Waals surface area contributed by atoms with E-state index in [1.807, 2.05) is 38.1 Å². The fourth-order valence-corrected chi connectivity index (χ4v) is 3.99. The van der Waals surface area contributed by atoms with Gasteiger partial charge in [-0.25, -0.2) is 9.07 Å². The molecule has 4 aromatic rings. The molecule has 0 bridgehead atoms. The van der Waals surface area contributed by atoms with E-state index in [-0.39, 0.29) is 30.1 Å². The summed E-state index contributed by atoms with van der Waals surface area (Å²) in [7, 11) is 0. The maximum Gasteiger partial charge on any atom is 0.282 e. The molecule has 0 fully saturated rings. The number of Topliss-reactive ketones (excluding diaryl/α,β-unsaturated/α-hetero) is 1. The number of hydrogen-bond acceptors (Lipinski definition) is 3. The van der Waals surface area contributed by atoms with Crippen molar-refractivity contribution in [1.29, 1.82) is 0 Å². The first-order valence-corrected chi connectivity index (χ1v) is 11.4. The zero-order chi connectivity index (χ0) is 24.9. The zero-order valence-electron chi connectivity index (χ0n) is 19.6. The average molecular weight is 472 g/mol. The summed E-state index contributed by atoms with van der Waals surface area (Å²) < 4.78 is 15.1. The number of carbonyl (C=O) groups is 2. The SMILES string of the molecule is CC(C)CN(CC(=O)c1c(-c2ccccc2)[nH]n(-c2ccccc2)c1=O)C(=O)c1cccc(F)c1. The number of rotatable bonds is 8. The van der Waals surface area contributed by atoms with Gasteiger partial charge in [0.1, 0.15) is 11.4 Å². The Morgan fingerprint density at radius 1 is 0.943 bits per heavy atom. The van der Waals surface area contributed by atoms with Crippen LogP contribution < -0.4 is 5.56 Å². The molecule has 1 amide bonds. The van der Waals surface area contributed by atoms with Crippen LogP contribution in [0.1, 0.15) is 34.6 Å². The fourth-order valence-electron chi connectivity index (χ4n) is 3.99. The molecule has 178 valence electrons. The highest BCUT2D eigenvalue weighted by molar-refractivity contribution is 6.05. The summed E-state index contributed by atoms with van der Waals surface area (Å²) in [5.41, 5.74) is 1.27. The van der Waals surface area contributed by atoms with E-state index in [1.165, 1.54) is 27.8 Å². The molecule has 0 radical (unpaired) electrons. The van der Waals surface area contributed by atoms with Crippen molar-refractivity contribution in [2.75, 3.05) is 13.1 Å². The number of nitrogens with one attached hydrogen (secondary N) is 1. The lowest BCUT2D eigenvalue weighted by Crippen LogP contribution is -2.39. The lowest BCUT2D eigenvalue weighted by molar-refractivity contribution is 0.0691. The number of amides is 1. The summed E-state index contributed by atoms with van der Waals surface area (Å²) in [5.74, 6) is -1.44. The highest BCUT2D eigenvalue weighted by Crippen LogP contribution is 2.22. The van der Waals surface area contributed by atoms with Gasteiger partial charge in [-0.2, -0.15) is 0 Å². The van der Waals surface area contributed by atoms with Gasteiger partial charge in [0.25, 0.3) is 11.5 Å². The third kappa shape index (κ3) is 5.30. The number of ketones is 1. The highest BCUT2D eigenvalue weighted by Gasteiger charge is 2.27. The molecule has 4 rings (SSSR count). The lowest BCUT2D eigenvalue weighted by atomic mass is 10.0. The van der Waals surface area contributed by atoms with Crippen molar-refractivity contribution < 1.29 is 14.0 Å². The fraction of sp³-hybridized carbons (Fsp3) is 0.179. The van der Waals surface area contributed by atoms with Gasteiger partial charge in [0.2, 0.25) is 0 Å². The quantitative estimate of drug-likeness (QED) is 0.370. The van der Waals surface area contributed by atoms with Crippen LogP contribution in [-0.4, -0.2) is 39.5 Å². The van der Waals surface area contributed by atoms with Gasteiger partial charge >= 0.3 is 0 Å². The average Bonchev–Trinajstić information content (AvgIpc) is 3.21. The van der Waals surface area contributed by atoms with Crippen molar-refractivity contribution in [2.45, 2.75) is 13.8 Å². The van der Waals surface area contributed by atoms with E-state index in [4.69, 9.17) is 0 Å². The van der Waals surface area contributed by atoms with Crippen LogP contribution in [-0.2, 0) is 0 Å². The number of nitrogens with zero attached hydrogens (tertiary/aromatic N) is 2. The van der Waals surface area contributed by atoms with E-state index in [1.54, 1.807) is 36.4 Å². The van der Waals surface area contributed by atoms with Crippen LogP contribution in [0, 0.1) is 11.7 Å². The van der Waals surface area contributed by atoms with Gasteiger partial charge in [-0.3, -0.25) is 19.5 Å². The van der Waals surface area contributed by atoms with Crippen molar-refractivity contribution in [3.8, 4) is 16.9 Å². The normalized spacial score (nSPS) is 11.0. The van der Waals surface area contributed by atoms with E-state index >= 15 is 0 Å². The predicted octanol–water partition coefficient (Wildman–Crippen LogP) is 4.95. The Labute approximate surface area is 202 Å². The van der Waals surface area contributed by atoms with Crippen LogP contribution in [0.3, 0.4) is 0 Å². The molecule has 0 saturated heterocycles. The van der Waals surface area contributed by atoms with Crippen LogP contribution in [0.25, 0.3) is 16.9 Å². The number of halogens is 1. The number of hydrogen-bond donors (Lipinski definition) is 1. The first kappa shape index (κ1) is 23.9. The van der Waals surface area contributed by atoms with Crippen molar-refractivity contribution in [1.82, 2.24) is 14.7 Å². The molecule has 35 heavy (non-hydrogen) atoms.